The minimum absolute atomic E-state index is 0.493. The Morgan fingerprint density at radius 2 is 1.27 bits per heavy atom. The standard InChI is InChI=1S/C19H40N2S/c1-4-6-8-9-10-11-12-13-14-15-17-20-19(22)21-18(3)16-7-5-2/h18H,4-17H2,1-3H3,(H2,20,21,22). The quantitative estimate of drug-likeness (QED) is 0.287. The van der Waals surface area contributed by atoms with Gasteiger partial charge in [-0.15, -0.1) is 0 Å². The van der Waals surface area contributed by atoms with Gasteiger partial charge < -0.3 is 10.6 Å². The molecule has 2 nitrogen and oxygen atoms in total. The molecule has 22 heavy (non-hydrogen) atoms. The number of rotatable bonds is 15. The molecule has 0 rings (SSSR count). The van der Waals surface area contributed by atoms with E-state index in [0.29, 0.717) is 6.04 Å². The van der Waals surface area contributed by atoms with Crippen molar-refractivity contribution < 1.29 is 0 Å². The van der Waals surface area contributed by atoms with Gasteiger partial charge >= 0.3 is 0 Å². The van der Waals surface area contributed by atoms with Crippen molar-refractivity contribution in [3.63, 3.8) is 0 Å². The molecule has 0 aliphatic rings. The molecule has 1 atom stereocenters. The van der Waals surface area contributed by atoms with Gasteiger partial charge in [-0.3, -0.25) is 0 Å². The average Bonchev–Trinajstić information content (AvgIpc) is 2.50. The molecule has 0 aromatic rings. The molecular formula is C19H40N2S. The van der Waals surface area contributed by atoms with Gasteiger partial charge in [-0.1, -0.05) is 84.5 Å². The summed E-state index contributed by atoms with van der Waals surface area (Å²) < 4.78 is 0. The van der Waals surface area contributed by atoms with Crippen LogP contribution in [0, 0.1) is 0 Å². The van der Waals surface area contributed by atoms with Crippen LogP contribution in [-0.4, -0.2) is 17.7 Å². The van der Waals surface area contributed by atoms with Crippen LogP contribution in [0.2, 0.25) is 0 Å². The van der Waals surface area contributed by atoms with Gasteiger partial charge in [0.25, 0.3) is 0 Å². The van der Waals surface area contributed by atoms with Crippen molar-refractivity contribution in [1.82, 2.24) is 10.6 Å². The van der Waals surface area contributed by atoms with E-state index in [-0.39, 0.29) is 0 Å². The number of nitrogens with one attached hydrogen (secondary N) is 2. The molecule has 0 aromatic heterocycles. The molecule has 0 aliphatic carbocycles. The predicted molar refractivity (Wildman–Crippen MR) is 105 cm³/mol. The van der Waals surface area contributed by atoms with E-state index >= 15 is 0 Å². The first-order chi connectivity index (χ1) is 10.7. The number of hydrogen-bond acceptors (Lipinski definition) is 1. The van der Waals surface area contributed by atoms with Crippen molar-refractivity contribution in [1.29, 1.82) is 0 Å². The van der Waals surface area contributed by atoms with Gasteiger partial charge in [0.1, 0.15) is 0 Å². The molecule has 0 aliphatic heterocycles. The van der Waals surface area contributed by atoms with Crippen molar-refractivity contribution in [2.45, 2.75) is 110 Å². The number of unbranched alkanes of at least 4 members (excludes halogenated alkanes) is 10. The molecule has 0 radical (unpaired) electrons. The summed E-state index contributed by atoms with van der Waals surface area (Å²) in [4.78, 5) is 0. The second-order valence-electron chi connectivity index (χ2n) is 6.63. The van der Waals surface area contributed by atoms with E-state index in [2.05, 4.69) is 31.4 Å². The fourth-order valence-corrected chi connectivity index (χ4v) is 2.97. The number of thiocarbonyl (C=S) groups is 1. The Morgan fingerprint density at radius 3 is 1.82 bits per heavy atom. The summed E-state index contributed by atoms with van der Waals surface area (Å²) in [5.74, 6) is 0. The molecule has 0 spiro atoms. The summed E-state index contributed by atoms with van der Waals surface area (Å²) in [6.45, 7) is 7.74. The monoisotopic (exact) mass is 328 g/mol. The Labute approximate surface area is 145 Å². The van der Waals surface area contributed by atoms with Crippen LogP contribution in [0.15, 0.2) is 0 Å². The van der Waals surface area contributed by atoms with Gasteiger partial charge in [0, 0.05) is 12.6 Å². The van der Waals surface area contributed by atoms with Crippen LogP contribution in [0.1, 0.15) is 104 Å². The predicted octanol–water partition coefficient (Wildman–Crippen LogP) is 5.95. The van der Waals surface area contributed by atoms with E-state index < -0.39 is 0 Å². The Morgan fingerprint density at radius 1 is 0.773 bits per heavy atom. The van der Waals surface area contributed by atoms with Crippen LogP contribution < -0.4 is 10.6 Å². The molecule has 0 saturated heterocycles. The first-order valence-corrected chi connectivity index (χ1v) is 10.2. The zero-order valence-electron chi connectivity index (χ0n) is 15.4. The van der Waals surface area contributed by atoms with E-state index in [1.807, 2.05) is 0 Å². The normalized spacial score (nSPS) is 12.1. The lowest BCUT2D eigenvalue weighted by Crippen LogP contribution is -2.40. The van der Waals surface area contributed by atoms with Crippen LogP contribution >= 0.6 is 12.2 Å². The second-order valence-corrected chi connectivity index (χ2v) is 7.03. The first kappa shape index (κ1) is 21.7. The highest BCUT2D eigenvalue weighted by Gasteiger charge is 2.02. The van der Waals surface area contributed by atoms with Crippen LogP contribution in [0.25, 0.3) is 0 Å². The molecule has 1 unspecified atom stereocenters. The van der Waals surface area contributed by atoms with E-state index in [0.717, 1.165) is 11.7 Å². The van der Waals surface area contributed by atoms with Crippen LogP contribution in [0.4, 0.5) is 0 Å². The van der Waals surface area contributed by atoms with Crippen LogP contribution in [0.5, 0.6) is 0 Å². The second kappa shape index (κ2) is 17.1. The fraction of sp³-hybridized carbons (Fsp3) is 0.947. The van der Waals surface area contributed by atoms with E-state index in [4.69, 9.17) is 12.2 Å². The summed E-state index contributed by atoms with van der Waals surface area (Å²) in [6, 6.07) is 0.493. The maximum Gasteiger partial charge on any atom is 0.166 e. The van der Waals surface area contributed by atoms with Gasteiger partial charge in [-0.25, -0.2) is 0 Å². The molecule has 0 aromatic carbocycles. The first-order valence-electron chi connectivity index (χ1n) is 9.75. The van der Waals surface area contributed by atoms with Gasteiger partial charge in [0.2, 0.25) is 0 Å². The number of hydrogen-bond donors (Lipinski definition) is 2. The summed E-state index contributed by atoms with van der Waals surface area (Å²) in [6.07, 6.45) is 17.6. The summed E-state index contributed by atoms with van der Waals surface area (Å²) in [5, 5.41) is 7.54. The Kier molecular flexibility index (Phi) is 16.8. The third-order valence-corrected chi connectivity index (χ3v) is 4.45. The minimum atomic E-state index is 0.493. The zero-order chi connectivity index (χ0) is 16.5. The SMILES string of the molecule is CCCCCCCCCCCCNC(=S)NC(C)CCCC. The topological polar surface area (TPSA) is 24.1 Å². The fourth-order valence-electron chi connectivity index (χ4n) is 2.67. The average molecular weight is 329 g/mol. The Hall–Kier alpha value is -0.310. The lowest BCUT2D eigenvalue weighted by Gasteiger charge is -2.16. The molecule has 0 bridgehead atoms. The lowest BCUT2D eigenvalue weighted by molar-refractivity contribution is 0.549. The molecular weight excluding hydrogens is 288 g/mol. The van der Waals surface area contributed by atoms with E-state index in [1.165, 1.54) is 83.5 Å². The minimum Gasteiger partial charge on any atom is -0.363 e. The van der Waals surface area contributed by atoms with Gasteiger partial charge in [-0.05, 0) is 32.0 Å². The van der Waals surface area contributed by atoms with Crippen molar-refractivity contribution in [2.75, 3.05) is 6.54 Å². The molecule has 0 amide bonds. The maximum absolute atomic E-state index is 5.33. The van der Waals surface area contributed by atoms with Crippen molar-refractivity contribution in [3.8, 4) is 0 Å². The maximum atomic E-state index is 5.33. The lowest BCUT2D eigenvalue weighted by atomic mass is 10.1. The molecule has 3 heteroatoms. The van der Waals surface area contributed by atoms with Crippen molar-refractivity contribution >= 4 is 17.3 Å². The van der Waals surface area contributed by atoms with Gasteiger partial charge in [0.15, 0.2) is 5.11 Å². The molecule has 0 fully saturated rings. The summed E-state index contributed by atoms with van der Waals surface area (Å²) >= 11 is 5.33. The highest BCUT2D eigenvalue weighted by Crippen LogP contribution is 2.10. The zero-order valence-corrected chi connectivity index (χ0v) is 16.2. The summed E-state index contributed by atoms with van der Waals surface area (Å²) in [5.41, 5.74) is 0. The van der Waals surface area contributed by atoms with Crippen molar-refractivity contribution in [2.24, 2.45) is 0 Å². The van der Waals surface area contributed by atoms with Crippen LogP contribution in [-0.2, 0) is 0 Å². The molecule has 132 valence electrons. The van der Waals surface area contributed by atoms with E-state index in [9.17, 15) is 0 Å². The Balaban J connectivity index is 3.23. The van der Waals surface area contributed by atoms with E-state index in [1.54, 1.807) is 0 Å². The largest absolute Gasteiger partial charge is 0.363 e. The third-order valence-electron chi connectivity index (χ3n) is 4.18. The third kappa shape index (κ3) is 16.1. The van der Waals surface area contributed by atoms with Gasteiger partial charge in [0.05, 0.1) is 0 Å². The molecule has 0 saturated carbocycles. The highest BCUT2D eigenvalue weighted by molar-refractivity contribution is 7.80. The molecule has 2 N–H and O–H groups in total. The van der Waals surface area contributed by atoms with Crippen molar-refractivity contribution in [3.05, 3.63) is 0 Å². The summed E-state index contributed by atoms with van der Waals surface area (Å²) in [7, 11) is 0. The Bertz CT molecular complexity index is 244. The smallest absolute Gasteiger partial charge is 0.166 e. The molecule has 0 heterocycles. The van der Waals surface area contributed by atoms with Crippen LogP contribution in [0.3, 0.4) is 0 Å². The van der Waals surface area contributed by atoms with Gasteiger partial charge in [-0.2, -0.15) is 0 Å². The highest BCUT2D eigenvalue weighted by atomic mass is 32.1.